The number of anilines is 2. The van der Waals surface area contributed by atoms with E-state index in [1.807, 2.05) is 125 Å². The summed E-state index contributed by atoms with van der Waals surface area (Å²) in [6, 6.07) is 41.7. The quantitative estimate of drug-likeness (QED) is 0.147. The molecule has 1 aliphatic rings. The van der Waals surface area contributed by atoms with Gasteiger partial charge in [0.1, 0.15) is 5.75 Å². The normalized spacial score (nSPS) is 11.4. The minimum absolute atomic E-state index is 0. The van der Waals surface area contributed by atoms with Gasteiger partial charge in [0.15, 0.2) is 0 Å². The Morgan fingerprint density at radius 1 is 0.578 bits per heavy atom. The number of nitrogens with zero attached hydrogens (tertiary/aromatic N) is 3. The van der Waals surface area contributed by atoms with Crippen LogP contribution in [0.4, 0.5) is 11.4 Å². The molecule has 4 nitrogen and oxygen atoms in total. The molecule has 45 heavy (non-hydrogen) atoms. The molecule has 0 N–H and O–H groups in total. The molecule has 0 saturated carbocycles. The van der Waals surface area contributed by atoms with Crippen molar-refractivity contribution in [2.45, 2.75) is 20.8 Å². The fourth-order valence-corrected chi connectivity index (χ4v) is 4.87. The molecule has 5 aromatic carbocycles. The topological polar surface area (TPSA) is 38.0 Å². The maximum Gasteiger partial charge on any atom is 4.00 e. The summed E-state index contributed by atoms with van der Waals surface area (Å²) in [4.78, 5) is 3.88. The van der Waals surface area contributed by atoms with Crippen molar-refractivity contribution in [1.29, 1.82) is 0 Å². The zero-order chi connectivity index (χ0) is 31.9. The fourth-order valence-electron chi connectivity index (χ4n) is 4.87. The Hall–Kier alpha value is -4.51. The molecule has 1 fully saturated rings. The molecule has 1 saturated heterocycles. The van der Waals surface area contributed by atoms with Crippen molar-refractivity contribution in [3.8, 4) is 5.75 Å². The molecule has 0 aromatic heterocycles. The van der Waals surface area contributed by atoms with Crippen molar-refractivity contribution in [1.82, 2.24) is 0 Å². The Labute approximate surface area is 286 Å². The molecule has 228 valence electrons. The predicted molar refractivity (Wildman–Crippen MR) is 189 cm³/mol. The van der Waals surface area contributed by atoms with Crippen LogP contribution in [-0.2, 0) is 21.7 Å². The number of hydrogen-bond acceptors (Lipinski definition) is 1. The van der Waals surface area contributed by atoms with E-state index in [4.69, 9.17) is 4.74 Å². The Bertz CT molecular complexity index is 1460. The molecular weight excluding hydrogens is 586 g/mol. The molecule has 1 heterocycles. The molecule has 0 spiro atoms. The third kappa shape index (κ3) is 11.5. The zero-order valence-electron chi connectivity index (χ0n) is 26.9. The number of guanidine groups is 1. The summed E-state index contributed by atoms with van der Waals surface area (Å²) in [6.45, 7) is 18.9. The van der Waals surface area contributed by atoms with Crippen LogP contribution < -0.4 is 14.5 Å². The van der Waals surface area contributed by atoms with Gasteiger partial charge in [0.25, 0.3) is 0 Å². The fraction of sp³-hybridized carbons (Fsp3) is 0.150. The largest absolute Gasteiger partial charge is 4.00 e. The number of hydrogen-bond donors (Lipinski definition) is 0. The average Bonchev–Trinajstić information content (AvgIpc) is 3.39. The van der Waals surface area contributed by atoms with Crippen molar-refractivity contribution in [3.63, 3.8) is 0 Å². The van der Waals surface area contributed by atoms with E-state index in [1.54, 1.807) is 7.11 Å². The summed E-state index contributed by atoms with van der Waals surface area (Å²) in [5, 5.41) is 10.8. The van der Waals surface area contributed by atoms with Gasteiger partial charge in [0, 0.05) is 11.6 Å². The van der Waals surface area contributed by atoms with Gasteiger partial charge in [-0.05, 0) is 62.8 Å². The number of ether oxygens (including phenoxy) is 1. The summed E-state index contributed by atoms with van der Waals surface area (Å²) < 4.78 is 5.43. The molecule has 0 radical (unpaired) electrons. The van der Waals surface area contributed by atoms with E-state index in [1.165, 1.54) is 16.7 Å². The Kier molecular flexibility index (Phi) is 15.5. The third-order valence-electron chi connectivity index (χ3n) is 6.84. The molecule has 0 unspecified atom stereocenters. The first-order valence-electron chi connectivity index (χ1n) is 14.6. The molecular formula is C40H43N3OTi. The van der Waals surface area contributed by atoms with Crippen LogP contribution in [0.15, 0.2) is 127 Å². The van der Waals surface area contributed by atoms with E-state index in [-0.39, 0.29) is 27.7 Å². The number of aryl methyl sites for hydroxylation is 3. The average molecular weight is 630 g/mol. The van der Waals surface area contributed by atoms with Gasteiger partial charge in [-0.1, -0.05) is 48.0 Å². The standard InChI is InChI=1S/C19H22N3O.3C7H7.Ti/c1-13-11-14(2)18(15(3)12-13)22-10-9-21(19(22)20)16-7-5-6-8-17(16)23-4;3*1-7-5-3-2-4-6-7;/h5-8,11-12H,9-10H2,1-4H3;3*2-6H,1H2;/q4*-1;+4. The first kappa shape index (κ1) is 36.7. The van der Waals surface area contributed by atoms with Crippen LogP contribution >= 0.6 is 0 Å². The number of methoxy groups -OCH3 is 1. The van der Waals surface area contributed by atoms with Gasteiger partial charge >= 0.3 is 21.7 Å². The van der Waals surface area contributed by atoms with Crippen molar-refractivity contribution in [2.24, 2.45) is 0 Å². The van der Waals surface area contributed by atoms with E-state index >= 15 is 0 Å². The van der Waals surface area contributed by atoms with E-state index in [9.17, 15) is 5.41 Å². The zero-order valence-corrected chi connectivity index (χ0v) is 28.5. The molecule has 0 aliphatic carbocycles. The van der Waals surface area contributed by atoms with Gasteiger partial charge in [-0.2, -0.15) is 73.9 Å². The van der Waals surface area contributed by atoms with E-state index in [2.05, 4.69) is 53.7 Å². The van der Waals surface area contributed by atoms with Gasteiger partial charge in [-0.3, -0.25) is 0 Å². The first-order valence-corrected chi connectivity index (χ1v) is 14.6. The predicted octanol–water partition coefficient (Wildman–Crippen LogP) is 9.48. The summed E-state index contributed by atoms with van der Waals surface area (Å²) in [7, 11) is 1.65. The van der Waals surface area contributed by atoms with Crippen molar-refractivity contribution < 1.29 is 26.5 Å². The molecule has 0 bridgehead atoms. The number of para-hydroxylation sites is 2. The second-order valence-electron chi connectivity index (χ2n) is 10.5. The van der Waals surface area contributed by atoms with Crippen molar-refractivity contribution >= 4 is 17.3 Å². The maximum atomic E-state index is 10.8. The molecule has 0 atom stereocenters. The van der Waals surface area contributed by atoms with Crippen LogP contribution in [0, 0.1) is 41.5 Å². The smallest absolute Gasteiger partial charge is 0.496 e. The Morgan fingerprint density at radius 2 is 0.956 bits per heavy atom. The van der Waals surface area contributed by atoms with Crippen LogP contribution in [0.3, 0.4) is 0 Å². The maximum absolute atomic E-state index is 10.8. The minimum atomic E-state index is 0. The molecule has 5 heteroatoms. The molecule has 5 aromatic rings. The summed E-state index contributed by atoms with van der Waals surface area (Å²) in [5.41, 5.74) is 8.78. The SMILES string of the molecule is COc1ccccc1N1CCN(c2c(C)cc(C)cc2C)C1=[N-].[CH2-]c1ccccc1.[CH2-]c1ccccc1.[CH2-]c1ccccc1.[Ti+4]. The molecule has 1 aliphatic heterocycles. The second-order valence-corrected chi connectivity index (χ2v) is 10.5. The summed E-state index contributed by atoms with van der Waals surface area (Å²) in [5.74, 6) is 1.02. The van der Waals surface area contributed by atoms with Gasteiger partial charge in [0.05, 0.1) is 7.11 Å². The van der Waals surface area contributed by atoms with Crippen LogP contribution in [0.5, 0.6) is 5.75 Å². The van der Waals surface area contributed by atoms with E-state index in [0.717, 1.165) is 46.9 Å². The van der Waals surface area contributed by atoms with E-state index < -0.39 is 0 Å². The van der Waals surface area contributed by atoms with Gasteiger partial charge in [-0.25, -0.2) is 0 Å². The van der Waals surface area contributed by atoms with E-state index in [0.29, 0.717) is 0 Å². The second kappa shape index (κ2) is 19.0. The van der Waals surface area contributed by atoms with Crippen molar-refractivity contribution in [3.05, 3.63) is 187 Å². The number of rotatable bonds is 3. The monoisotopic (exact) mass is 629 g/mol. The van der Waals surface area contributed by atoms with Gasteiger partial charge in [-0.15, -0.1) is 36.4 Å². The van der Waals surface area contributed by atoms with Gasteiger partial charge < -0.3 is 19.9 Å². The van der Waals surface area contributed by atoms with Crippen LogP contribution in [0.25, 0.3) is 5.41 Å². The van der Waals surface area contributed by atoms with Crippen LogP contribution in [0.1, 0.15) is 33.4 Å². The van der Waals surface area contributed by atoms with Crippen LogP contribution in [-0.4, -0.2) is 26.2 Å². The summed E-state index contributed by atoms with van der Waals surface area (Å²) in [6.07, 6.45) is 0. The van der Waals surface area contributed by atoms with Gasteiger partial charge in [0.2, 0.25) is 0 Å². The minimum Gasteiger partial charge on any atom is -0.496 e. The molecule has 6 rings (SSSR count). The van der Waals surface area contributed by atoms with Crippen molar-refractivity contribution in [2.75, 3.05) is 30.0 Å². The third-order valence-corrected chi connectivity index (χ3v) is 6.84. The Balaban J connectivity index is 0.000000259. The Morgan fingerprint density at radius 3 is 1.33 bits per heavy atom. The first-order chi connectivity index (χ1) is 21.2. The summed E-state index contributed by atoms with van der Waals surface area (Å²) >= 11 is 0. The number of benzene rings is 5. The van der Waals surface area contributed by atoms with Crippen LogP contribution in [0.2, 0.25) is 0 Å². The molecule has 0 amide bonds.